The van der Waals surface area contributed by atoms with Crippen LogP contribution in [0.2, 0.25) is 0 Å². The van der Waals surface area contributed by atoms with Crippen LogP contribution in [0.3, 0.4) is 0 Å². The van der Waals surface area contributed by atoms with Crippen molar-refractivity contribution in [2.24, 2.45) is 5.10 Å². The van der Waals surface area contributed by atoms with E-state index in [9.17, 15) is 23.3 Å². The number of nitrogens with one attached hydrogen (secondary N) is 3. The highest BCUT2D eigenvalue weighted by atomic mass is 32.2. The summed E-state index contributed by atoms with van der Waals surface area (Å²) in [5, 5.41) is 18.3. The number of hydrogen-bond acceptors (Lipinski definition) is 7. The molecule has 35 heavy (non-hydrogen) atoms. The van der Waals surface area contributed by atoms with Crippen LogP contribution in [-0.2, 0) is 14.8 Å². The predicted molar refractivity (Wildman–Crippen MR) is 136 cm³/mol. The first kappa shape index (κ1) is 25.4. The maximum absolute atomic E-state index is 13.2. The molecule has 0 aromatic heterocycles. The molecular weight excluding hydrogens is 470 g/mol. The molecule has 182 valence electrons. The molecule has 0 aliphatic rings. The van der Waals surface area contributed by atoms with Crippen molar-refractivity contribution in [3.8, 4) is 0 Å². The number of hydrazone groups is 1. The molecule has 10 nitrogen and oxygen atoms in total. The summed E-state index contributed by atoms with van der Waals surface area (Å²) in [4.78, 5) is 21.6. The van der Waals surface area contributed by atoms with Crippen LogP contribution in [0, 0.1) is 24.0 Å². The number of aryl methyl sites for hydroxylation is 2. The van der Waals surface area contributed by atoms with Gasteiger partial charge in [0.2, 0.25) is 5.91 Å². The fourth-order valence-electron chi connectivity index (χ4n) is 3.30. The zero-order chi connectivity index (χ0) is 25.8. The number of benzene rings is 3. The summed E-state index contributed by atoms with van der Waals surface area (Å²) in [6.45, 7) is 6.76. The van der Waals surface area contributed by atoms with Gasteiger partial charge in [-0.2, -0.15) is 5.10 Å². The number of rotatable bonds is 8. The van der Waals surface area contributed by atoms with Gasteiger partial charge < -0.3 is 5.32 Å². The first-order chi connectivity index (χ1) is 16.5. The summed E-state index contributed by atoms with van der Waals surface area (Å²) in [5.74, 6) is -0.216. The summed E-state index contributed by atoms with van der Waals surface area (Å²) < 4.78 is 29.0. The Hall–Kier alpha value is -4.25. The molecule has 0 fully saturated rings. The lowest BCUT2D eigenvalue weighted by molar-refractivity contribution is -0.385. The van der Waals surface area contributed by atoms with Gasteiger partial charge in [-0.1, -0.05) is 29.8 Å². The van der Waals surface area contributed by atoms with E-state index in [1.54, 1.807) is 50.2 Å². The largest absolute Gasteiger partial charge is 0.326 e. The van der Waals surface area contributed by atoms with Crippen LogP contribution in [0.5, 0.6) is 0 Å². The minimum absolute atomic E-state index is 0.0604. The van der Waals surface area contributed by atoms with Crippen molar-refractivity contribution in [2.75, 3.05) is 15.5 Å². The molecule has 3 rings (SSSR count). The van der Waals surface area contributed by atoms with Crippen molar-refractivity contribution >= 4 is 44.4 Å². The van der Waals surface area contributed by atoms with Crippen molar-refractivity contribution in [3.63, 3.8) is 0 Å². The third-order valence-corrected chi connectivity index (χ3v) is 6.44. The van der Waals surface area contributed by atoms with Crippen molar-refractivity contribution in [2.45, 2.75) is 32.6 Å². The number of anilines is 3. The molecule has 0 heterocycles. The summed E-state index contributed by atoms with van der Waals surface area (Å²) in [6, 6.07) is 15.7. The van der Waals surface area contributed by atoms with Gasteiger partial charge in [-0.15, -0.1) is 0 Å². The van der Waals surface area contributed by atoms with Gasteiger partial charge in [-0.05, 0) is 56.2 Å². The third-order valence-electron chi connectivity index (χ3n) is 5.04. The second kappa shape index (κ2) is 10.3. The lowest BCUT2D eigenvalue weighted by Crippen LogP contribution is -2.16. The van der Waals surface area contributed by atoms with Crippen LogP contribution < -0.4 is 15.5 Å². The molecule has 0 aliphatic heterocycles. The first-order valence-corrected chi connectivity index (χ1v) is 12.0. The van der Waals surface area contributed by atoms with E-state index in [0.717, 1.165) is 11.6 Å². The van der Waals surface area contributed by atoms with Gasteiger partial charge in [0.25, 0.3) is 15.7 Å². The van der Waals surface area contributed by atoms with E-state index in [4.69, 9.17) is 0 Å². The Labute approximate surface area is 203 Å². The number of nitrogens with zero attached hydrogens (tertiary/aromatic N) is 2. The highest BCUT2D eigenvalue weighted by Crippen LogP contribution is 2.29. The Morgan fingerprint density at radius 3 is 2.34 bits per heavy atom. The number of carbonyl (C=O) groups is 1. The molecule has 0 saturated carbocycles. The van der Waals surface area contributed by atoms with Crippen LogP contribution in [0.15, 0.2) is 70.7 Å². The SMILES string of the molecule is CC(=O)Nc1cccc(/C(C)=N/Nc2ccc([N+](=O)[O-])cc2S(=O)(=O)Nc2ccc(C)cc2C)c1. The van der Waals surface area contributed by atoms with Crippen molar-refractivity contribution in [1.29, 1.82) is 0 Å². The minimum atomic E-state index is -4.20. The maximum atomic E-state index is 13.2. The van der Waals surface area contributed by atoms with Gasteiger partial charge in [-0.3, -0.25) is 25.1 Å². The van der Waals surface area contributed by atoms with Gasteiger partial charge in [-0.25, -0.2) is 8.42 Å². The molecule has 3 aromatic carbocycles. The fraction of sp³-hybridized carbons (Fsp3) is 0.167. The van der Waals surface area contributed by atoms with E-state index in [-0.39, 0.29) is 22.2 Å². The number of carbonyl (C=O) groups excluding carboxylic acids is 1. The number of nitro benzene ring substituents is 1. The minimum Gasteiger partial charge on any atom is -0.326 e. The highest BCUT2D eigenvalue weighted by molar-refractivity contribution is 7.92. The van der Waals surface area contributed by atoms with E-state index in [2.05, 4.69) is 20.6 Å². The monoisotopic (exact) mass is 495 g/mol. The summed E-state index contributed by atoms with van der Waals surface area (Å²) >= 11 is 0. The fourth-order valence-corrected chi connectivity index (χ4v) is 4.61. The lowest BCUT2D eigenvalue weighted by atomic mass is 10.1. The predicted octanol–water partition coefficient (Wildman–Crippen LogP) is 4.81. The van der Waals surface area contributed by atoms with E-state index >= 15 is 0 Å². The molecule has 0 radical (unpaired) electrons. The topological polar surface area (TPSA) is 143 Å². The van der Waals surface area contributed by atoms with E-state index in [0.29, 0.717) is 28.2 Å². The molecule has 0 unspecified atom stereocenters. The molecule has 0 aliphatic carbocycles. The average molecular weight is 496 g/mol. The van der Waals surface area contributed by atoms with Crippen molar-refractivity contribution in [3.05, 3.63) is 87.5 Å². The maximum Gasteiger partial charge on any atom is 0.270 e. The smallest absolute Gasteiger partial charge is 0.270 e. The second-order valence-corrected chi connectivity index (χ2v) is 9.58. The normalized spacial score (nSPS) is 11.6. The quantitative estimate of drug-likeness (QED) is 0.233. The molecule has 11 heteroatoms. The molecule has 0 saturated heterocycles. The third kappa shape index (κ3) is 6.42. The molecule has 0 bridgehead atoms. The van der Waals surface area contributed by atoms with Crippen molar-refractivity contribution in [1.82, 2.24) is 0 Å². The van der Waals surface area contributed by atoms with Crippen molar-refractivity contribution < 1.29 is 18.1 Å². The highest BCUT2D eigenvalue weighted by Gasteiger charge is 2.23. The lowest BCUT2D eigenvalue weighted by Gasteiger charge is -2.14. The number of hydrogen-bond donors (Lipinski definition) is 3. The Morgan fingerprint density at radius 1 is 0.971 bits per heavy atom. The van der Waals surface area contributed by atoms with E-state index in [1.807, 2.05) is 13.0 Å². The number of non-ortho nitro benzene ring substituents is 1. The zero-order valence-corrected chi connectivity index (χ0v) is 20.4. The van der Waals surface area contributed by atoms with Gasteiger partial charge in [0.15, 0.2) is 0 Å². The van der Waals surface area contributed by atoms with Crippen LogP contribution in [0.4, 0.5) is 22.7 Å². The van der Waals surface area contributed by atoms with Gasteiger partial charge in [0, 0.05) is 24.7 Å². The molecule has 3 aromatic rings. The van der Waals surface area contributed by atoms with Gasteiger partial charge >= 0.3 is 0 Å². The molecule has 0 spiro atoms. The van der Waals surface area contributed by atoms with E-state index in [1.165, 1.54) is 19.1 Å². The average Bonchev–Trinajstić information content (AvgIpc) is 2.79. The van der Waals surface area contributed by atoms with Crippen LogP contribution >= 0.6 is 0 Å². The Bertz CT molecular complexity index is 1430. The first-order valence-electron chi connectivity index (χ1n) is 10.5. The summed E-state index contributed by atoms with van der Waals surface area (Å²) in [6.07, 6.45) is 0. The van der Waals surface area contributed by atoms with Crippen LogP contribution in [-0.4, -0.2) is 25.0 Å². The van der Waals surface area contributed by atoms with Crippen LogP contribution in [0.1, 0.15) is 30.5 Å². The number of nitro groups is 1. The molecule has 3 N–H and O–H groups in total. The zero-order valence-electron chi connectivity index (χ0n) is 19.6. The van der Waals surface area contributed by atoms with Gasteiger partial charge in [0.1, 0.15) is 4.90 Å². The Kier molecular flexibility index (Phi) is 7.50. The van der Waals surface area contributed by atoms with Crippen LogP contribution in [0.25, 0.3) is 0 Å². The standard InChI is InChI=1S/C24H25N5O5S/c1-15-8-10-22(16(2)12-15)28-35(33,34)24-14-21(29(31)32)9-11-23(24)27-26-17(3)19-6-5-7-20(13-19)25-18(4)30/h5-14,27-28H,1-4H3,(H,25,30)/b26-17+. The van der Waals surface area contributed by atoms with Gasteiger partial charge in [0.05, 0.1) is 22.0 Å². The molecular formula is C24H25N5O5S. The molecule has 1 amide bonds. The summed E-state index contributed by atoms with van der Waals surface area (Å²) in [7, 11) is -4.20. The Balaban J connectivity index is 1.97. The number of sulfonamides is 1. The Morgan fingerprint density at radius 2 is 1.69 bits per heavy atom. The number of amides is 1. The second-order valence-electron chi connectivity index (χ2n) is 7.93. The molecule has 0 atom stereocenters. The summed E-state index contributed by atoms with van der Waals surface area (Å²) in [5.41, 5.74) is 6.21. The van der Waals surface area contributed by atoms with E-state index < -0.39 is 14.9 Å².